The highest BCUT2D eigenvalue weighted by atomic mass is 35.5. The summed E-state index contributed by atoms with van der Waals surface area (Å²) in [6.07, 6.45) is -0.216. The molecule has 0 N–H and O–H groups in total. The lowest BCUT2D eigenvalue weighted by atomic mass is 10.1. The summed E-state index contributed by atoms with van der Waals surface area (Å²) >= 11 is 13.7. The maximum absolute atomic E-state index is 12.4. The molecule has 1 aliphatic heterocycles. The van der Waals surface area contributed by atoms with Crippen LogP contribution in [0.3, 0.4) is 0 Å². The first-order chi connectivity index (χ1) is 10.1. The summed E-state index contributed by atoms with van der Waals surface area (Å²) in [5.74, 6) is 1.40. The molecule has 0 spiro atoms. The van der Waals surface area contributed by atoms with E-state index in [0.717, 1.165) is 16.2 Å². The molecular weight excluding hydrogens is 327 g/mol. The van der Waals surface area contributed by atoms with Gasteiger partial charge >= 0.3 is 0 Å². The van der Waals surface area contributed by atoms with Crippen LogP contribution in [-0.2, 0) is 11.2 Å². The lowest BCUT2D eigenvalue weighted by Crippen LogP contribution is -2.33. The molecule has 1 aliphatic rings. The molecule has 1 heterocycles. The molecule has 5 heteroatoms. The van der Waals surface area contributed by atoms with Crippen LogP contribution in [0.5, 0.6) is 5.75 Å². The third kappa shape index (κ3) is 3.20. The number of halogens is 2. The summed E-state index contributed by atoms with van der Waals surface area (Å²) < 4.78 is 5.79. The SMILES string of the molecule is O=C(Cc1cccc(Cl)c1Cl)C1CSc2ccccc2O1. The summed E-state index contributed by atoms with van der Waals surface area (Å²) in [5.41, 5.74) is 0.738. The molecule has 0 radical (unpaired) electrons. The zero-order chi connectivity index (χ0) is 14.8. The Bertz CT molecular complexity index is 688. The second-order valence-corrected chi connectivity index (χ2v) is 6.57. The Balaban J connectivity index is 1.74. The van der Waals surface area contributed by atoms with Gasteiger partial charge in [-0.15, -0.1) is 11.8 Å². The normalized spacial score (nSPS) is 17.0. The van der Waals surface area contributed by atoms with E-state index in [9.17, 15) is 4.79 Å². The molecule has 3 rings (SSSR count). The van der Waals surface area contributed by atoms with Crippen LogP contribution in [0.2, 0.25) is 10.0 Å². The molecule has 1 atom stereocenters. The average Bonchev–Trinajstić information content (AvgIpc) is 2.51. The Hall–Kier alpha value is -1.16. The van der Waals surface area contributed by atoms with E-state index in [4.69, 9.17) is 27.9 Å². The minimum Gasteiger partial charge on any atom is -0.481 e. The van der Waals surface area contributed by atoms with Crippen LogP contribution < -0.4 is 4.74 Å². The predicted molar refractivity (Wildman–Crippen MR) is 86.8 cm³/mol. The number of rotatable bonds is 3. The second-order valence-electron chi connectivity index (χ2n) is 4.72. The number of benzene rings is 2. The van der Waals surface area contributed by atoms with Crippen LogP contribution in [0.25, 0.3) is 0 Å². The fourth-order valence-electron chi connectivity index (χ4n) is 2.16. The number of thioether (sulfide) groups is 1. The van der Waals surface area contributed by atoms with Gasteiger partial charge in [-0.1, -0.05) is 47.5 Å². The van der Waals surface area contributed by atoms with Crippen LogP contribution in [0.15, 0.2) is 47.4 Å². The first kappa shape index (κ1) is 14.8. The van der Waals surface area contributed by atoms with Crippen molar-refractivity contribution in [1.29, 1.82) is 0 Å². The van der Waals surface area contributed by atoms with E-state index in [1.807, 2.05) is 30.3 Å². The molecule has 1 unspecified atom stereocenters. The van der Waals surface area contributed by atoms with Gasteiger partial charge in [-0.25, -0.2) is 0 Å². The first-order valence-corrected chi connectivity index (χ1v) is 8.23. The van der Waals surface area contributed by atoms with Crippen molar-refractivity contribution >= 4 is 40.7 Å². The zero-order valence-corrected chi connectivity index (χ0v) is 13.3. The first-order valence-electron chi connectivity index (χ1n) is 6.49. The van der Waals surface area contributed by atoms with Crippen molar-refractivity contribution in [2.24, 2.45) is 0 Å². The minimum atomic E-state index is -0.444. The molecule has 2 aromatic rings. The highest BCUT2D eigenvalue weighted by Crippen LogP contribution is 2.35. The Morgan fingerprint density at radius 2 is 2.00 bits per heavy atom. The number of fused-ring (bicyclic) bond motifs is 1. The van der Waals surface area contributed by atoms with E-state index in [2.05, 4.69) is 0 Å². The molecule has 2 aromatic carbocycles. The van der Waals surface area contributed by atoms with Gasteiger partial charge in [-0.05, 0) is 23.8 Å². The molecule has 0 bridgehead atoms. The van der Waals surface area contributed by atoms with E-state index in [1.54, 1.807) is 23.9 Å². The fraction of sp³-hybridized carbons (Fsp3) is 0.188. The highest BCUT2D eigenvalue weighted by Gasteiger charge is 2.26. The summed E-state index contributed by atoms with van der Waals surface area (Å²) in [4.78, 5) is 13.5. The summed E-state index contributed by atoms with van der Waals surface area (Å²) in [5, 5.41) is 0.905. The van der Waals surface area contributed by atoms with Crippen molar-refractivity contribution in [2.45, 2.75) is 17.4 Å². The van der Waals surface area contributed by atoms with Crippen LogP contribution >= 0.6 is 35.0 Å². The third-order valence-electron chi connectivity index (χ3n) is 3.26. The fourth-order valence-corrected chi connectivity index (χ4v) is 3.57. The lowest BCUT2D eigenvalue weighted by Gasteiger charge is -2.24. The Kier molecular flexibility index (Phi) is 4.43. The Labute approximate surface area is 137 Å². The van der Waals surface area contributed by atoms with E-state index in [1.165, 1.54) is 0 Å². The number of Topliss-reactive ketones (excluding diaryl/α,β-unsaturated/α-hetero) is 1. The molecule has 21 heavy (non-hydrogen) atoms. The lowest BCUT2D eigenvalue weighted by molar-refractivity contribution is -0.124. The predicted octanol–water partition coefficient (Wildman–Crippen LogP) is 4.66. The molecule has 0 aliphatic carbocycles. The van der Waals surface area contributed by atoms with E-state index in [0.29, 0.717) is 15.8 Å². The van der Waals surface area contributed by atoms with Crippen LogP contribution in [-0.4, -0.2) is 17.6 Å². The van der Waals surface area contributed by atoms with Crippen LogP contribution in [0, 0.1) is 0 Å². The van der Waals surface area contributed by atoms with Gasteiger partial charge in [0.25, 0.3) is 0 Å². The molecule has 2 nitrogen and oxygen atoms in total. The van der Waals surface area contributed by atoms with Gasteiger partial charge in [0.1, 0.15) is 5.75 Å². The largest absolute Gasteiger partial charge is 0.481 e. The van der Waals surface area contributed by atoms with Gasteiger partial charge in [0, 0.05) is 17.1 Å². The number of carbonyl (C=O) groups is 1. The molecule has 0 saturated carbocycles. The third-order valence-corrected chi connectivity index (χ3v) is 5.24. The number of hydrogen-bond acceptors (Lipinski definition) is 3. The van der Waals surface area contributed by atoms with Gasteiger partial charge in [0.15, 0.2) is 11.9 Å². The van der Waals surface area contributed by atoms with Crippen molar-refractivity contribution in [3.05, 3.63) is 58.1 Å². The number of carbonyl (C=O) groups excluding carboxylic acids is 1. The van der Waals surface area contributed by atoms with E-state index < -0.39 is 6.10 Å². The summed E-state index contributed by atoms with van der Waals surface area (Å²) in [6.45, 7) is 0. The quantitative estimate of drug-likeness (QED) is 0.814. The van der Waals surface area contributed by atoms with Crippen LogP contribution in [0.1, 0.15) is 5.56 Å². The van der Waals surface area contributed by atoms with Crippen molar-refractivity contribution in [2.75, 3.05) is 5.75 Å². The molecule has 0 saturated heterocycles. The van der Waals surface area contributed by atoms with Crippen molar-refractivity contribution in [1.82, 2.24) is 0 Å². The Morgan fingerprint density at radius 1 is 1.19 bits per heavy atom. The maximum atomic E-state index is 12.4. The molecule has 0 fully saturated rings. The maximum Gasteiger partial charge on any atom is 0.178 e. The summed E-state index contributed by atoms with van der Waals surface area (Å²) in [7, 11) is 0. The molecule has 108 valence electrons. The monoisotopic (exact) mass is 338 g/mol. The number of ether oxygens (including phenoxy) is 1. The van der Waals surface area contributed by atoms with Crippen molar-refractivity contribution < 1.29 is 9.53 Å². The van der Waals surface area contributed by atoms with E-state index >= 15 is 0 Å². The van der Waals surface area contributed by atoms with Crippen molar-refractivity contribution in [3.63, 3.8) is 0 Å². The molecule has 0 amide bonds. The Morgan fingerprint density at radius 3 is 2.86 bits per heavy atom. The summed E-state index contributed by atoms with van der Waals surface area (Å²) in [6, 6.07) is 13.1. The average molecular weight is 339 g/mol. The number of para-hydroxylation sites is 1. The molecular formula is C16H12Cl2O2S. The molecule has 0 aromatic heterocycles. The number of ketones is 1. The van der Waals surface area contributed by atoms with Gasteiger partial charge in [0.05, 0.1) is 10.0 Å². The highest BCUT2D eigenvalue weighted by molar-refractivity contribution is 7.99. The number of hydrogen-bond donors (Lipinski definition) is 0. The second kappa shape index (κ2) is 6.30. The van der Waals surface area contributed by atoms with E-state index in [-0.39, 0.29) is 12.2 Å². The minimum absolute atomic E-state index is 0.0150. The zero-order valence-electron chi connectivity index (χ0n) is 11.0. The smallest absolute Gasteiger partial charge is 0.178 e. The van der Waals surface area contributed by atoms with Gasteiger partial charge in [0.2, 0.25) is 0 Å². The standard InChI is InChI=1S/C16H12Cl2O2S/c17-11-5-3-4-10(16(11)18)8-12(19)14-9-21-15-7-2-1-6-13(15)20-14/h1-7,14H,8-9H2. The van der Waals surface area contributed by atoms with Crippen LogP contribution in [0.4, 0.5) is 0 Å². The van der Waals surface area contributed by atoms with Gasteiger partial charge < -0.3 is 4.74 Å². The van der Waals surface area contributed by atoms with Gasteiger partial charge in [-0.2, -0.15) is 0 Å². The van der Waals surface area contributed by atoms with Crippen molar-refractivity contribution in [3.8, 4) is 5.75 Å². The van der Waals surface area contributed by atoms with Gasteiger partial charge in [-0.3, -0.25) is 4.79 Å². The topological polar surface area (TPSA) is 26.3 Å².